The van der Waals surface area contributed by atoms with Gasteiger partial charge in [0.05, 0.1) is 0 Å². The summed E-state index contributed by atoms with van der Waals surface area (Å²) in [5.41, 5.74) is 1.59. The second-order valence-electron chi connectivity index (χ2n) is 6.26. The molecule has 1 aromatic carbocycles. The molecule has 1 aliphatic heterocycles. The highest BCUT2D eigenvalue weighted by molar-refractivity contribution is 5.92. The van der Waals surface area contributed by atoms with E-state index in [-0.39, 0.29) is 11.8 Å². The van der Waals surface area contributed by atoms with Crippen LogP contribution in [0.25, 0.3) is 10.8 Å². The number of hydrogen-bond donors (Lipinski definition) is 0. The molecular formula is C20H19N3O. The fraction of sp³-hybridized carbons (Fsp3) is 0.250. The van der Waals surface area contributed by atoms with Gasteiger partial charge in [-0.2, -0.15) is 0 Å². The number of carbonyl (C=O) groups is 1. The quantitative estimate of drug-likeness (QED) is 0.725. The van der Waals surface area contributed by atoms with Gasteiger partial charge in [-0.05, 0) is 36.4 Å². The lowest BCUT2D eigenvalue weighted by atomic mass is 9.93. The Morgan fingerprint density at radius 2 is 1.88 bits per heavy atom. The lowest BCUT2D eigenvalue weighted by Crippen LogP contribution is -2.39. The van der Waals surface area contributed by atoms with Crippen LogP contribution in [0.15, 0.2) is 60.9 Å². The van der Waals surface area contributed by atoms with Crippen molar-refractivity contribution in [3.05, 3.63) is 72.3 Å². The highest BCUT2D eigenvalue weighted by atomic mass is 16.2. The summed E-state index contributed by atoms with van der Waals surface area (Å²) in [6, 6.07) is 15.9. The van der Waals surface area contributed by atoms with E-state index in [2.05, 4.69) is 28.2 Å². The fourth-order valence-corrected chi connectivity index (χ4v) is 3.38. The largest absolute Gasteiger partial charge is 0.337 e. The van der Waals surface area contributed by atoms with E-state index in [1.54, 1.807) is 12.3 Å². The SMILES string of the molecule is O=C(c1ccccn1)N1CCC[C@H](c2cc3ccccc3cn2)C1. The molecule has 3 heterocycles. The summed E-state index contributed by atoms with van der Waals surface area (Å²) in [5, 5.41) is 2.36. The summed E-state index contributed by atoms with van der Waals surface area (Å²) in [6.07, 6.45) is 5.67. The number of nitrogens with zero attached hydrogens (tertiary/aromatic N) is 3. The lowest BCUT2D eigenvalue weighted by molar-refractivity contribution is 0.0700. The molecule has 24 heavy (non-hydrogen) atoms. The highest BCUT2D eigenvalue weighted by Gasteiger charge is 2.26. The molecule has 0 spiro atoms. The number of aromatic nitrogens is 2. The Kier molecular flexibility index (Phi) is 3.95. The van der Waals surface area contributed by atoms with Gasteiger partial charge in [-0.1, -0.05) is 30.3 Å². The van der Waals surface area contributed by atoms with Crippen molar-refractivity contribution in [3.63, 3.8) is 0 Å². The molecule has 4 heteroatoms. The Morgan fingerprint density at radius 3 is 2.71 bits per heavy atom. The Morgan fingerprint density at radius 1 is 1.04 bits per heavy atom. The zero-order valence-electron chi connectivity index (χ0n) is 13.4. The third-order valence-corrected chi connectivity index (χ3v) is 4.66. The molecule has 0 unspecified atom stereocenters. The van der Waals surface area contributed by atoms with E-state index in [1.807, 2.05) is 35.4 Å². The van der Waals surface area contributed by atoms with Crippen LogP contribution in [0.5, 0.6) is 0 Å². The van der Waals surface area contributed by atoms with Gasteiger partial charge in [0.2, 0.25) is 0 Å². The highest BCUT2D eigenvalue weighted by Crippen LogP contribution is 2.28. The first-order valence-corrected chi connectivity index (χ1v) is 8.36. The Bertz CT molecular complexity index is 863. The van der Waals surface area contributed by atoms with Crippen LogP contribution in [-0.4, -0.2) is 33.9 Å². The van der Waals surface area contributed by atoms with E-state index >= 15 is 0 Å². The van der Waals surface area contributed by atoms with Crippen LogP contribution < -0.4 is 0 Å². The number of benzene rings is 1. The second kappa shape index (κ2) is 6.40. The molecule has 0 aliphatic carbocycles. The van der Waals surface area contributed by atoms with E-state index in [1.165, 1.54) is 5.39 Å². The molecule has 120 valence electrons. The van der Waals surface area contributed by atoms with E-state index in [0.717, 1.165) is 30.5 Å². The molecule has 0 bridgehead atoms. The standard InChI is InChI=1S/C20H19N3O/c24-20(18-9-3-4-10-21-18)23-11-5-8-17(14-23)19-12-15-6-1-2-7-16(15)13-22-19/h1-4,6-7,9-10,12-13,17H,5,8,11,14H2/t17-/m0/s1. The van der Waals surface area contributed by atoms with Gasteiger partial charge in [0.1, 0.15) is 5.69 Å². The maximum Gasteiger partial charge on any atom is 0.272 e. The van der Waals surface area contributed by atoms with Crippen LogP contribution >= 0.6 is 0 Å². The van der Waals surface area contributed by atoms with Crippen LogP contribution in [0.1, 0.15) is 34.9 Å². The molecule has 2 aromatic heterocycles. The summed E-state index contributed by atoms with van der Waals surface area (Å²) >= 11 is 0. The van der Waals surface area contributed by atoms with E-state index < -0.39 is 0 Å². The molecule has 1 atom stereocenters. The number of amides is 1. The Balaban J connectivity index is 1.56. The van der Waals surface area contributed by atoms with Gasteiger partial charge < -0.3 is 4.90 Å². The predicted molar refractivity (Wildman–Crippen MR) is 93.9 cm³/mol. The molecule has 1 saturated heterocycles. The van der Waals surface area contributed by atoms with Crippen LogP contribution in [0.4, 0.5) is 0 Å². The van der Waals surface area contributed by atoms with Crippen molar-refractivity contribution in [2.24, 2.45) is 0 Å². The smallest absolute Gasteiger partial charge is 0.272 e. The molecule has 1 fully saturated rings. The summed E-state index contributed by atoms with van der Waals surface area (Å²) in [6.45, 7) is 1.50. The Labute approximate surface area is 141 Å². The zero-order chi connectivity index (χ0) is 16.4. The minimum Gasteiger partial charge on any atom is -0.337 e. The molecule has 0 radical (unpaired) electrons. The van der Waals surface area contributed by atoms with Crippen molar-refractivity contribution in [1.82, 2.24) is 14.9 Å². The average Bonchev–Trinajstić information content (AvgIpc) is 2.68. The summed E-state index contributed by atoms with van der Waals surface area (Å²) in [7, 11) is 0. The predicted octanol–water partition coefficient (Wildman–Crippen LogP) is 3.65. The van der Waals surface area contributed by atoms with E-state index in [0.29, 0.717) is 12.2 Å². The van der Waals surface area contributed by atoms with Crippen molar-refractivity contribution in [2.75, 3.05) is 13.1 Å². The number of hydrogen-bond acceptors (Lipinski definition) is 3. The summed E-state index contributed by atoms with van der Waals surface area (Å²) in [4.78, 5) is 23.4. The molecule has 4 nitrogen and oxygen atoms in total. The van der Waals surface area contributed by atoms with Gasteiger partial charge in [-0.25, -0.2) is 0 Å². The average molecular weight is 317 g/mol. The van der Waals surface area contributed by atoms with Crippen LogP contribution in [0.3, 0.4) is 0 Å². The van der Waals surface area contributed by atoms with Crippen molar-refractivity contribution < 1.29 is 4.79 Å². The van der Waals surface area contributed by atoms with Gasteiger partial charge in [0, 0.05) is 42.5 Å². The molecule has 0 N–H and O–H groups in total. The first kappa shape index (κ1) is 14.8. The normalized spacial score (nSPS) is 17.8. The molecule has 1 amide bonds. The van der Waals surface area contributed by atoms with Gasteiger partial charge in [-0.3, -0.25) is 14.8 Å². The zero-order valence-corrected chi connectivity index (χ0v) is 13.4. The van der Waals surface area contributed by atoms with Crippen molar-refractivity contribution in [2.45, 2.75) is 18.8 Å². The van der Waals surface area contributed by atoms with E-state index in [9.17, 15) is 4.79 Å². The van der Waals surface area contributed by atoms with Gasteiger partial charge in [-0.15, -0.1) is 0 Å². The van der Waals surface area contributed by atoms with Crippen LogP contribution in [0.2, 0.25) is 0 Å². The number of piperidine rings is 1. The third-order valence-electron chi connectivity index (χ3n) is 4.66. The molecular weight excluding hydrogens is 298 g/mol. The first-order valence-electron chi connectivity index (χ1n) is 8.36. The van der Waals surface area contributed by atoms with E-state index in [4.69, 9.17) is 0 Å². The number of pyridine rings is 2. The van der Waals surface area contributed by atoms with Crippen LogP contribution in [-0.2, 0) is 0 Å². The van der Waals surface area contributed by atoms with Gasteiger partial charge >= 0.3 is 0 Å². The lowest BCUT2D eigenvalue weighted by Gasteiger charge is -2.32. The maximum atomic E-state index is 12.6. The molecule has 4 rings (SSSR count). The topological polar surface area (TPSA) is 46.1 Å². The number of likely N-dealkylation sites (tertiary alicyclic amines) is 1. The van der Waals surface area contributed by atoms with Gasteiger partial charge in [0.25, 0.3) is 5.91 Å². The van der Waals surface area contributed by atoms with Gasteiger partial charge in [0.15, 0.2) is 0 Å². The Hall–Kier alpha value is -2.75. The molecule has 1 aliphatic rings. The maximum absolute atomic E-state index is 12.6. The molecule has 3 aromatic rings. The van der Waals surface area contributed by atoms with Crippen LogP contribution in [0, 0.1) is 0 Å². The minimum absolute atomic E-state index is 0.0149. The van der Waals surface area contributed by atoms with Crippen molar-refractivity contribution in [1.29, 1.82) is 0 Å². The summed E-state index contributed by atoms with van der Waals surface area (Å²) in [5.74, 6) is 0.303. The van der Waals surface area contributed by atoms with Crippen molar-refractivity contribution in [3.8, 4) is 0 Å². The summed E-state index contributed by atoms with van der Waals surface area (Å²) < 4.78 is 0. The van der Waals surface area contributed by atoms with Crippen molar-refractivity contribution >= 4 is 16.7 Å². The monoisotopic (exact) mass is 317 g/mol. The number of rotatable bonds is 2. The molecule has 0 saturated carbocycles. The number of fused-ring (bicyclic) bond motifs is 1. The minimum atomic E-state index is 0.0149. The fourth-order valence-electron chi connectivity index (χ4n) is 3.38. The first-order chi connectivity index (χ1) is 11.8. The third kappa shape index (κ3) is 2.87. The second-order valence-corrected chi connectivity index (χ2v) is 6.26. The number of carbonyl (C=O) groups excluding carboxylic acids is 1.